The summed E-state index contributed by atoms with van der Waals surface area (Å²) in [7, 11) is 0. The van der Waals surface area contributed by atoms with Crippen LogP contribution < -0.4 is 10.6 Å². The Balaban J connectivity index is 2.17. The van der Waals surface area contributed by atoms with Crippen molar-refractivity contribution < 1.29 is 4.79 Å². The second kappa shape index (κ2) is 7.51. The van der Waals surface area contributed by atoms with E-state index in [1.807, 2.05) is 0 Å². The second-order valence-corrected chi connectivity index (χ2v) is 7.54. The number of halogens is 4. The summed E-state index contributed by atoms with van der Waals surface area (Å²) in [6.45, 7) is 0. The monoisotopic (exact) mass is 421 g/mol. The molecule has 0 radical (unpaired) electrons. The second-order valence-electron chi connectivity index (χ2n) is 4.31. The van der Waals surface area contributed by atoms with Crippen molar-refractivity contribution in [3.8, 4) is 0 Å². The average Bonchev–Trinajstić information content (AvgIpc) is 2.47. The largest absolute Gasteiger partial charge is 0.361 e. The third-order valence-corrected chi connectivity index (χ3v) is 4.04. The number of nitrogens with zero attached hydrogens (tertiary/aromatic N) is 1. The predicted molar refractivity (Wildman–Crippen MR) is 93.5 cm³/mol. The number of benzene rings is 1. The van der Waals surface area contributed by atoms with Crippen molar-refractivity contribution in [3.05, 3.63) is 58.8 Å². The van der Waals surface area contributed by atoms with Gasteiger partial charge in [-0.1, -0.05) is 46.9 Å². The third kappa shape index (κ3) is 4.74. The standard InChI is InChI=1S/C14H11BrCl3N3O/c15-11-6-2-1-5-10(11)12(22)21-13(14(16,17)18)20-9-4-3-7-19-8-9/h1-8,13,20H,(H,21,22). The highest BCUT2D eigenvalue weighted by molar-refractivity contribution is 9.10. The maximum Gasteiger partial charge on any atom is 0.254 e. The zero-order valence-corrected chi connectivity index (χ0v) is 14.9. The first kappa shape index (κ1) is 17.3. The van der Waals surface area contributed by atoms with Gasteiger partial charge >= 0.3 is 0 Å². The van der Waals surface area contributed by atoms with Gasteiger partial charge in [-0.3, -0.25) is 9.78 Å². The summed E-state index contributed by atoms with van der Waals surface area (Å²) in [6, 6.07) is 10.5. The molecule has 0 saturated carbocycles. The molecule has 116 valence electrons. The molecule has 1 amide bonds. The van der Waals surface area contributed by atoms with E-state index in [1.165, 1.54) is 0 Å². The van der Waals surface area contributed by atoms with Crippen molar-refractivity contribution in [1.82, 2.24) is 10.3 Å². The van der Waals surface area contributed by atoms with E-state index < -0.39 is 9.96 Å². The van der Waals surface area contributed by atoms with E-state index in [9.17, 15) is 4.79 Å². The number of anilines is 1. The van der Waals surface area contributed by atoms with Gasteiger partial charge in [-0.15, -0.1) is 0 Å². The fraction of sp³-hybridized carbons (Fsp3) is 0.143. The Morgan fingerprint density at radius 1 is 1.18 bits per heavy atom. The van der Waals surface area contributed by atoms with Crippen molar-refractivity contribution in [3.63, 3.8) is 0 Å². The average molecular weight is 424 g/mol. The highest BCUT2D eigenvalue weighted by Crippen LogP contribution is 2.31. The number of carbonyl (C=O) groups excluding carboxylic acids is 1. The maximum atomic E-state index is 12.3. The van der Waals surface area contributed by atoms with E-state index in [1.54, 1.807) is 48.8 Å². The van der Waals surface area contributed by atoms with Crippen LogP contribution in [-0.4, -0.2) is 20.8 Å². The van der Waals surface area contributed by atoms with Crippen molar-refractivity contribution in [1.29, 1.82) is 0 Å². The molecule has 0 saturated heterocycles. The number of rotatable bonds is 4. The molecule has 0 fully saturated rings. The minimum absolute atomic E-state index is 0.375. The van der Waals surface area contributed by atoms with Gasteiger partial charge in [0, 0.05) is 16.9 Å². The molecule has 1 aromatic heterocycles. The molecule has 0 bridgehead atoms. The van der Waals surface area contributed by atoms with Gasteiger partial charge in [0.25, 0.3) is 5.91 Å². The molecule has 1 heterocycles. The van der Waals surface area contributed by atoms with E-state index in [-0.39, 0.29) is 5.91 Å². The summed E-state index contributed by atoms with van der Waals surface area (Å²) in [4.78, 5) is 16.3. The van der Waals surface area contributed by atoms with E-state index in [0.717, 1.165) is 0 Å². The summed E-state index contributed by atoms with van der Waals surface area (Å²) in [6.07, 6.45) is 2.25. The molecular weight excluding hydrogens is 412 g/mol. The number of amides is 1. The Hall–Kier alpha value is -1.01. The van der Waals surface area contributed by atoms with Gasteiger partial charge in [0.1, 0.15) is 6.17 Å². The molecule has 22 heavy (non-hydrogen) atoms. The third-order valence-electron chi connectivity index (χ3n) is 2.69. The van der Waals surface area contributed by atoms with Crippen LogP contribution in [0, 0.1) is 0 Å². The minimum atomic E-state index is -1.74. The number of nitrogens with one attached hydrogen (secondary N) is 2. The molecule has 1 unspecified atom stereocenters. The zero-order chi connectivity index (χ0) is 16.2. The molecule has 2 rings (SSSR count). The SMILES string of the molecule is O=C(NC(Nc1cccnc1)C(Cl)(Cl)Cl)c1ccccc1Br. The Morgan fingerprint density at radius 3 is 2.50 bits per heavy atom. The Kier molecular flexibility index (Phi) is 5.92. The van der Waals surface area contributed by atoms with Gasteiger partial charge in [0.05, 0.1) is 11.3 Å². The first-order valence-electron chi connectivity index (χ1n) is 6.16. The van der Waals surface area contributed by atoms with Gasteiger partial charge in [0.2, 0.25) is 3.79 Å². The highest BCUT2D eigenvalue weighted by Gasteiger charge is 2.34. The van der Waals surface area contributed by atoms with Crippen LogP contribution in [0.4, 0.5) is 5.69 Å². The fourth-order valence-electron chi connectivity index (χ4n) is 1.67. The Morgan fingerprint density at radius 2 is 1.91 bits per heavy atom. The molecule has 1 aromatic carbocycles. The van der Waals surface area contributed by atoms with E-state index in [4.69, 9.17) is 34.8 Å². The van der Waals surface area contributed by atoms with Crippen LogP contribution in [0.3, 0.4) is 0 Å². The van der Waals surface area contributed by atoms with Gasteiger partial charge in [-0.25, -0.2) is 0 Å². The van der Waals surface area contributed by atoms with Crippen LogP contribution in [0.25, 0.3) is 0 Å². The summed E-state index contributed by atoms with van der Waals surface area (Å²) in [5, 5.41) is 5.59. The summed E-state index contributed by atoms with van der Waals surface area (Å²) >= 11 is 21.1. The van der Waals surface area contributed by atoms with Crippen LogP contribution in [0.5, 0.6) is 0 Å². The zero-order valence-electron chi connectivity index (χ0n) is 11.1. The summed E-state index contributed by atoms with van der Waals surface area (Å²) in [5.74, 6) is -0.375. The molecule has 4 nitrogen and oxygen atoms in total. The van der Waals surface area contributed by atoms with Crippen LogP contribution in [0.15, 0.2) is 53.3 Å². The quantitative estimate of drug-likeness (QED) is 0.567. The normalized spacial score (nSPS) is 12.5. The molecule has 0 spiro atoms. The van der Waals surface area contributed by atoms with Gasteiger partial charge < -0.3 is 10.6 Å². The number of hydrogen-bond donors (Lipinski definition) is 2. The molecule has 2 N–H and O–H groups in total. The van der Waals surface area contributed by atoms with E-state index >= 15 is 0 Å². The van der Waals surface area contributed by atoms with Crippen molar-refractivity contribution in [2.45, 2.75) is 9.96 Å². The maximum absolute atomic E-state index is 12.3. The molecule has 8 heteroatoms. The lowest BCUT2D eigenvalue weighted by Gasteiger charge is -2.27. The first-order valence-corrected chi connectivity index (χ1v) is 8.09. The Bertz CT molecular complexity index is 649. The van der Waals surface area contributed by atoms with Crippen LogP contribution >= 0.6 is 50.7 Å². The predicted octanol–water partition coefficient (Wildman–Crippen LogP) is 4.38. The summed E-state index contributed by atoms with van der Waals surface area (Å²) in [5.41, 5.74) is 1.06. The van der Waals surface area contributed by atoms with Gasteiger partial charge in [0.15, 0.2) is 0 Å². The minimum Gasteiger partial charge on any atom is -0.361 e. The fourth-order valence-corrected chi connectivity index (χ4v) is 2.46. The summed E-state index contributed by atoms with van der Waals surface area (Å²) < 4.78 is -1.09. The smallest absolute Gasteiger partial charge is 0.254 e. The van der Waals surface area contributed by atoms with E-state index in [0.29, 0.717) is 15.7 Å². The molecule has 2 aromatic rings. The van der Waals surface area contributed by atoms with Crippen molar-refractivity contribution in [2.75, 3.05) is 5.32 Å². The van der Waals surface area contributed by atoms with Crippen molar-refractivity contribution in [2.24, 2.45) is 0 Å². The molecule has 1 atom stereocenters. The molecule has 0 aliphatic carbocycles. The lowest BCUT2D eigenvalue weighted by atomic mass is 10.2. The van der Waals surface area contributed by atoms with Gasteiger partial charge in [-0.2, -0.15) is 0 Å². The number of aromatic nitrogens is 1. The molecular formula is C14H11BrCl3N3O. The molecule has 0 aliphatic heterocycles. The number of hydrogen-bond acceptors (Lipinski definition) is 3. The lowest BCUT2D eigenvalue weighted by Crippen LogP contribution is -2.49. The topological polar surface area (TPSA) is 54.0 Å². The van der Waals surface area contributed by atoms with Crippen LogP contribution in [0.2, 0.25) is 0 Å². The van der Waals surface area contributed by atoms with E-state index in [2.05, 4.69) is 31.5 Å². The number of pyridine rings is 1. The Labute approximate surface area is 151 Å². The van der Waals surface area contributed by atoms with Crippen LogP contribution in [0.1, 0.15) is 10.4 Å². The highest BCUT2D eigenvalue weighted by atomic mass is 79.9. The van der Waals surface area contributed by atoms with Gasteiger partial charge in [-0.05, 0) is 40.2 Å². The number of carbonyl (C=O) groups is 1. The lowest BCUT2D eigenvalue weighted by molar-refractivity contribution is 0.0941. The van der Waals surface area contributed by atoms with Crippen molar-refractivity contribution >= 4 is 62.3 Å². The van der Waals surface area contributed by atoms with Crippen LogP contribution in [-0.2, 0) is 0 Å². The first-order chi connectivity index (χ1) is 10.4. The molecule has 0 aliphatic rings. The number of alkyl halides is 3.